The maximum Gasteiger partial charge on any atom is 0.316 e. The van der Waals surface area contributed by atoms with Crippen LogP contribution in [0.25, 0.3) is 0 Å². The van der Waals surface area contributed by atoms with Crippen molar-refractivity contribution in [3.05, 3.63) is 6.92 Å². The molecule has 0 atom stereocenters. The zero-order valence-electron chi connectivity index (χ0n) is 5.02. The highest BCUT2D eigenvalue weighted by molar-refractivity contribution is 5.67. The van der Waals surface area contributed by atoms with Gasteiger partial charge in [-0.1, -0.05) is 5.92 Å². The highest BCUT2D eigenvalue weighted by Crippen LogP contribution is 1.68. The summed E-state index contributed by atoms with van der Waals surface area (Å²) < 4.78 is 4.21. The van der Waals surface area contributed by atoms with Crippen molar-refractivity contribution in [2.45, 2.75) is 6.92 Å². The van der Waals surface area contributed by atoms with E-state index in [9.17, 15) is 4.79 Å². The molecule has 0 spiro atoms. The SMILES string of the molecule is [CH2-]C#CC#COC(C)=O. The molecule has 0 fully saturated rings. The maximum absolute atomic E-state index is 10.0. The van der Waals surface area contributed by atoms with Crippen LogP contribution in [0.15, 0.2) is 0 Å². The molecule has 2 nitrogen and oxygen atoms in total. The van der Waals surface area contributed by atoms with Crippen molar-refractivity contribution < 1.29 is 9.53 Å². The largest absolute Gasteiger partial charge is 0.373 e. The minimum atomic E-state index is -0.437. The first-order chi connectivity index (χ1) is 4.27. The quantitative estimate of drug-likeness (QED) is 0.262. The van der Waals surface area contributed by atoms with Gasteiger partial charge in [-0.05, 0) is 0 Å². The number of rotatable bonds is 0. The van der Waals surface area contributed by atoms with Crippen molar-refractivity contribution in [3.63, 3.8) is 0 Å². The molecule has 0 rings (SSSR count). The van der Waals surface area contributed by atoms with Crippen LogP contribution >= 0.6 is 0 Å². The lowest BCUT2D eigenvalue weighted by Crippen LogP contribution is -1.89. The van der Waals surface area contributed by atoms with E-state index in [0.29, 0.717) is 0 Å². The second kappa shape index (κ2) is 4.61. The molecule has 0 radical (unpaired) electrons. The smallest absolute Gasteiger partial charge is 0.316 e. The Morgan fingerprint density at radius 3 is 2.67 bits per heavy atom. The summed E-state index contributed by atoms with van der Waals surface area (Å²) >= 11 is 0. The Kier molecular flexibility index (Phi) is 3.83. The molecule has 0 saturated heterocycles. The van der Waals surface area contributed by atoms with E-state index >= 15 is 0 Å². The molecule has 0 aliphatic rings. The Hall–Kier alpha value is -1.54. The Morgan fingerprint density at radius 1 is 1.56 bits per heavy atom. The fourth-order valence-corrected chi connectivity index (χ4v) is 0.167. The monoisotopic (exact) mass is 121 g/mol. The van der Waals surface area contributed by atoms with E-state index in [1.807, 2.05) is 0 Å². The Morgan fingerprint density at radius 2 is 2.22 bits per heavy atom. The molecule has 0 aliphatic carbocycles. The topological polar surface area (TPSA) is 26.3 Å². The van der Waals surface area contributed by atoms with Gasteiger partial charge in [-0.25, -0.2) is 5.92 Å². The molecule has 0 amide bonds. The number of hydrogen-bond acceptors (Lipinski definition) is 2. The van der Waals surface area contributed by atoms with Crippen LogP contribution in [0.5, 0.6) is 0 Å². The standard InChI is InChI=1S/C7H5O2/c1-3-4-5-6-9-7(2)8/h1H2,2H3/q-1. The number of esters is 1. The third-order valence-corrected chi connectivity index (χ3v) is 0.397. The van der Waals surface area contributed by atoms with Gasteiger partial charge in [0.1, 0.15) is 6.11 Å². The van der Waals surface area contributed by atoms with Crippen LogP contribution in [0.1, 0.15) is 6.92 Å². The average molecular weight is 121 g/mol. The summed E-state index contributed by atoms with van der Waals surface area (Å²) in [6.45, 7) is 4.47. The van der Waals surface area contributed by atoms with Crippen LogP contribution in [-0.2, 0) is 9.53 Å². The molecule has 0 aromatic heterocycles. The van der Waals surface area contributed by atoms with Gasteiger partial charge in [0.2, 0.25) is 0 Å². The van der Waals surface area contributed by atoms with Crippen LogP contribution < -0.4 is 0 Å². The normalized spacial score (nSPS) is 5.44. The fourth-order valence-electron chi connectivity index (χ4n) is 0.167. The summed E-state index contributed by atoms with van der Waals surface area (Å²) in [4.78, 5) is 10.0. The van der Waals surface area contributed by atoms with Gasteiger partial charge >= 0.3 is 5.97 Å². The van der Waals surface area contributed by atoms with Crippen LogP contribution in [0.3, 0.4) is 0 Å². The Labute approximate surface area is 54.2 Å². The summed E-state index contributed by atoms with van der Waals surface area (Å²) in [6.07, 6.45) is 2.07. The predicted molar refractivity (Wildman–Crippen MR) is 32.7 cm³/mol. The molecule has 0 aromatic carbocycles. The minimum absolute atomic E-state index is 0.437. The van der Waals surface area contributed by atoms with E-state index in [2.05, 4.69) is 35.5 Å². The zero-order chi connectivity index (χ0) is 7.11. The number of ether oxygens (including phenoxy) is 1. The zero-order valence-corrected chi connectivity index (χ0v) is 5.02. The van der Waals surface area contributed by atoms with Crippen molar-refractivity contribution in [1.29, 1.82) is 0 Å². The van der Waals surface area contributed by atoms with Crippen molar-refractivity contribution in [1.82, 2.24) is 0 Å². The predicted octanol–water partition coefficient (Wildman–Crippen LogP) is 0.348. The molecule has 0 unspecified atom stereocenters. The van der Waals surface area contributed by atoms with Crippen LogP contribution in [-0.4, -0.2) is 5.97 Å². The first-order valence-electron chi connectivity index (χ1n) is 2.22. The number of hydrogen-bond donors (Lipinski definition) is 0. The van der Waals surface area contributed by atoms with Crippen LogP contribution in [0.4, 0.5) is 0 Å². The molecule has 2 heteroatoms. The molecular formula is C7H5O2-. The average Bonchev–Trinajstić information content (AvgIpc) is 1.80. The lowest BCUT2D eigenvalue weighted by Gasteiger charge is -1.81. The molecule has 0 aliphatic heterocycles. The summed E-state index contributed by atoms with van der Waals surface area (Å²) in [5.41, 5.74) is 0. The van der Waals surface area contributed by atoms with Gasteiger partial charge in [0.05, 0.1) is 0 Å². The van der Waals surface area contributed by atoms with Gasteiger partial charge in [0.15, 0.2) is 0 Å². The summed E-state index contributed by atoms with van der Waals surface area (Å²) in [6, 6.07) is 0. The highest BCUT2D eigenvalue weighted by Gasteiger charge is 1.80. The molecule has 46 valence electrons. The van der Waals surface area contributed by atoms with E-state index in [4.69, 9.17) is 0 Å². The molecule has 0 aromatic rings. The van der Waals surface area contributed by atoms with E-state index in [-0.39, 0.29) is 0 Å². The van der Waals surface area contributed by atoms with Crippen LogP contribution in [0.2, 0.25) is 0 Å². The van der Waals surface area contributed by atoms with Crippen LogP contribution in [0, 0.1) is 30.8 Å². The molecular weight excluding hydrogens is 116 g/mol. The van der Waals surface area contributed by atoms with Gasteiger partial charge < -0.3 is 4.74 Å². The summed E-state index contributed by atoms with van der Waals surface area (Å²) in [5.74, 6) is 6.39. The molecule has 0 saturated carbocycles. The summed E-state index contributed by atoms with van der Waals surface area (Å²) in [7, 11) is 0. The van der Waals surface area contributed by atoms with Crippen molar-refractivity contribution >= 4 is 5.97 Å². The van der Waals surface area contributed by atoms with E-state index in [1.165, 1.54) is 6.92 Å². The maximum atomic E-state index is 10.0. The lowest BCUT2D eigenvalue weighted by molar-refractivity contribution is -0.134. The Bertz CT molecular complexity index is 207. The van der Waals surface area contributed by atoms with E-state index < -0.39 is 5.97 Å². The molecule has 0 bridgehead atoms. The number of carbonyl (C=O) groups is 1. The second-order valence-corrected chi connectivity index (χ2v) is 1.12. The fraction of sp³-hybridized carbons (Fsp3) is 0.143. The highest BCUT2D eigenvalue weighted by atomic mass is 16.5. The second-order valence-electron chi connectivity index (χ2n) is 1.12. The lowest BCUT2D eigenvalue weighted by atomic mass is 10.6. The van der Waals surface area contributed by atoms with Crippen molar-refractivity contribution in [3.8, 4) is 23.9 Å². The van der Waals surface area contributed by atoms with Gasteiger partial charge in [0, 0.05) is 6.92 Å². The van der Waals surface area contributed by atoms with Gasteiger partial charge in [-0.2, -0.15) is 6.92 Å². The van der Waals surface area contributed by atoms with Gasteiger partial charge in [0.25, 0.3) is 0 Å². The van der Waals surface area contributed by atoms with E-state index in [1.54, 1.807) is 0 Å². The van der Waals surface area contributed by atoms with Crippen molar-refractivity contribution in [2.75, 3.05) is 0 Å². The van der Waals surface area contributed by atoms with Gasteiger partial charge in [-0.15, -0.1) is 0 Å². The first kappa shape index (κ1) is 7.46. The third kappa shape index (κ3) is 6.46. The molecule has 9 heavy (non-hydrogen) atoms. The van der Waals surface area contributed by atoms with Gasteiger partial charge in [-0.3, -0.25) is 10.7 Å². The molecule has 0 heterocycles. The minimum Gasteiger partial charge on any atom is -0.373 e. The first-order valence-corrected chi connectivity index (χ1v) is 2.22. The van der Waals surface area contributed by atoms with E-state index in [0.717, 1.165) is 0 Å². The summed E-state index contributed by atoms with van der Waals surface area (Å²) in [5, 5.41) is 0. The van der Waals surface area contributed by atoms with Crippen molar-refractivity contribution in [2.24, 2.45) is 0 Å². The third-order valence-electron chi connectivity index (χ3n) is 0.397. The Balaban J connectivity index is 3.59. The molecule has 0 N–H and O–H groups in total. The number of carbonyl (C=O) groups excluding carboxylic acids is 1.